The number of nitrogens with two attached hydrogens (primary N) is 1. The van der Waals surface area contributed by atoms with Crippen molar-refractivity contribution >= 4 is 22.3 Å². The Morgan fingerprint density at radius 3 is 2.53 bits per heavy atom. The van der Waals surface area contributed by atoms with Crippen LogP contribution in [-0.2, 0) is 14.3 Å². The molecule has 0 saturated carbocycles. The molecule has 0 atom stereocenters. The minimum absolute atomic E-state index is 0.289. The third kappa shape index (κ3) is 6.58. The summed E-state index contributed by atoms with van der Waals surface area (Å²) in [4.78, 5) is 8.91. The van der Waals surface area contributed by atoms with E-state index < -0.39 is 0 Å². The molecule has 9 heteroatoms. The Labute approximate surface area is 198 Å². The van der Waals surface area contributed by atoms with E-state index in [2.05, 4.69) is 27.1 Å². The van der Waals surface area contributed by atoms with E-state index in [1.54, 1.807) is 19.2 Å². The largest absolute Gasteiger partial charge is 0.487 e. The van der Waals surface area contributed by atoms with Gasteiger partial charge in [0.1, 0.15) is 19.3 Å². The van der Waals surface area contributed by atoms with Gasteiger partial charge in [-0.25, -0.2) is 5.90 Å². The van der Waals surface area contributed by atoms with Crippen LogP contribution in [0.2, 0.25) is 0 Å². The number of aromatic nitrogens is 1. The summed E-state index contributed by atoms with van der Waals surface area (Å²) in [6.07, 6.45) is 7.04. The van der Waals surface area contributed by atoms with Crippen LogP contribution in [0.3, 0.4) is 0 Å². The third-order valence-corrected chi connectivity index (χ3v) is 4.73. The molecule has 0 unspecified atom stereocenters. The number of benzene rings is 2. The molecule has 0 aliphatic heterocycles. The molecule has 3 aromatic rings. The molecular formula is C25H26N4O5. The fraction of sp³-hybridized carbons (Fsp3) is 0.280. The normalized spacial score (nSPS) is 10.5. The molecule has 9 nitrogen and oxygen atoms in total. The van der Waals surface area contributed by atoms with E-state index in [-0.39, 0.29) is 6.61 Å². The summed E-state index contributed by atoms with van der Waals surface area (Å²) in [6, 6.07) is 13.1. The number of rotatable bonds is 13. The van der Waals surface area contributed by atoms with Crippen LogP contribution in [0.4, 0.5) is 11.4 Å². The van der Waals surface area contributed by atoms with E-state index >= 15 is 0 Å². The summed E-state index contributed by atoms with van der Waals surface area (Å²) < 4.78 is 22.3. The Bertz CT molecular complexity index is 1190. The van der Waals surface area contributed by atoms with E-state index in [1.807, 2.05) is 24.3 Å². The van der Waals surface area contributed by atoms with Gasteiger partial charge in [-0.15, -0.1) is 6.42 Å². The van der Waals surface area contributed by atoms with E-state index in [9.17, 15) is 5.26 Å². The lowest BCUT2D eigenvalue weighted by molar-refractivity contribution is 0.0358. The van der Waals surface area contributed by atoms with Crippen LogP contribution in [0, 0.1) is 23.7 Å². The standard InChI is InChI=1S/C25H26N4O5/c1-3-18-5-4-6-20(13-18)29-25-19(16-26)17-28-22-15-24(33-11-8-31-9-12-34-27)23(14-21(22)25)32-10-7-30-2/h1,4-6,13-15,17H,7-12,27H2,2H3,(H,28,29). The number of terminal acetylenes is 1. The highest BCUT2D eigenvalue weighted by molar-refractivity contribution is 5.97. The summed E-state index contributed by atoms with van der Waals surface area (Å²) in [5.41, 5.74) is 3.07. The van der Waals surface area contributed by atoms with Crippen LogP contribution in [-0.4, -0.2) is 51.7 Å². The summed E-state index contributed by atoms with van der Waals surface area (Å²) >= 11 is 0. The molecule has 0 radical (unpaired) electrons. The molecular weight excluding hydrogens is 436 g/mol. The predicted molar refractivity (Wildman–Crippen MR) is 128 cm³/mol. The first-order valence-electron chi connectivity index (χ1n) is 10.5. The van der Waals surface area contributed by atoms with Crippen molar-refractivity contribution in [2.24, 2.45) is 5.90 Å². The first-order valence-corrected chi connectivity index (χ1v) is 10.5. The highest BCUT2D eigenvalue weighted by Crippen LogP contribution is 2.37. The average molecular weight is 463 g/mol. The summed E-state index contributed by atoms with van der Waals surface area (Å²) in [5, 5.41) is 13.7. The number of hydrogen-bond acceptors (Lipinski definition) is 9. The van der Waals surface area contributed by atoms with Crippen molar-refractivity contribution in [3.63, 3.8) is 0 Å². The second-order valence-electron chi connectivity index (χ2n) is 7.00. The fourth-order valence-corrected chi connectivity index (χ4v) is 3.13. The first-order chi connectivity index (χ1) is 16.7. The molecule has 0 aliphatic rings. The zero-order chi connectivity index (χ0) is 24.2. The van der Waals surface area contributed by atoms with Crippen LogP contribution >= 0.6 is 0 Å². The van der Waals surface area contributed by atoms with Crippen molar-refractivity contribution in [3.05, 3.63) is 53.7 Å². The van der Waals surface area contributed by atoms with Gasteiger partial charge in [-0.05, 0) is 24.3 Å². The van der Waals surface area contributed by atoms with Gasteiger partial charge in [0.15, 0.2) is 11.5 Å². The quantitative estimate of drug-likeness (QED) is 0.224. The van der Waals surface area contributed by atoms with Gasteiger partial charge < -0.3 is 29.1 Å². The summed E-state index contributed by atoms with van der Waals surface area (Å²) in [5.74, 6) is 8.59. The van der Waals surface area contributed by atoms with Gasteiger partial charge in [0.25, 0.3) is 0 Å². The van der Waals surface area contributed by atoms with Crippen molar-refractivity contribution in [1.29, 1.82) is 5.26 Å². The first kappa shape index (κ1) is 24.8. The predicted octanol–water partition coefficient (Wildman–Crippen LogP) is 3.14. The molecule has 0 spiro atoms. The molecule has 34 heavy (non-hydrogen) atoms. The molecule has 1 aromatic heterocycles. The van der Waals surface area contributed by atoms with Crippen LogP contribution in [0.15, 0.2) is 42.6 Å². The molecule has 3 rings (SSSR count). The smallest absolute Gasteiger partial charge is 0.163 e. The molecule has 2 aromatic carbocycles. The van der Waals surface area contributed by atoms with Gasteiger partial charge in [0, 0.05) is 36.0 Å². The van der Waals surface area contributed by atoms with Crippen molar-refractivity contribution in [2.45, 2.75) is 0 Å². The molecule has 0 bridgehead atoms. The topological polar surface area (TPSA) is 121 Å². The lowest BCUT2D eigenvalue weighted by atomic mass is 10.1. The average Bonchev–Trinajstić information content (AvgIpc) is 2.86. The minimum Gasteiger partial charge on any atom is -0.487 e. The fourth-order valence-electron chi connectivity index (χ4n) is 3.13. The number of fused-ring (bicyclic) bond motifs is 1. The summed E-state index contributed by atoms with van der Waals surface area (Å²) in [7, 11) is 1.60. The number of nitriles is 1. The van der Waals surface area contributed by atoms with Crippen molar-refractivity contribution < 1.29 is 23.8 Å². The minimum atomic E-state index is 0.289. The van der Waals surface area contributed by atoms with Crippen LogP contribution in [0.5, 0.6) is 11.5 Å². The number of nitrogens with zero attached hydrogens (tertiary/aromatic N) is 2. The lowest BCUT2D eigenvalue weighted by Crippen LogP contribution is -2.13. The Kier molecular flexibility index (Phi) is 9.47. The maximum atomic E-state index is 9.69. The van der Waals surface area contributed by atoms with E-state index in [0.29, 0.717) is 66.7 Å². The molecule has 176 valence electrons. The van der Waals surface area contributed by atoms with Gasteiger partial charge in [-0.2, -0.15) is 5.26 Å². The Hall–Kier alpha value is -3.86. The van der Waals surface area contributed by atoms with E-state index in [4.69, 9.17) is 31.3 Å². The lowest BCUT2D eigenvalue weighted by Gasteiger charge is -2.17. The van der Waals surface area contributed by atoms with Crippen molar-refractivity contribution in [3.8, 4) is 29.9 Å². The molecule has 0 saturated heterocycles. The molecule has 0 aliphatic carbocycles. The van der Waals surface area contributed by atoms with Crippen molar-refractivity contribution in [1.82, 2.24) is 4.98 Å². The van der Waals surface area contributed by atoms with Crippen LogP contribution in [0.1, 0.15) is 11.1 Å². The maximum Gasteiger partial charge on any atom is 0.163 e. The molecule has 0 amide bonds. The van der Waals surface area contributed by atoms with Gasteiger partial charge in [0.05, 0.1) is 43.2 Å². The monoisotopic (exact) mass is 462 g/mol. The van der Waals surface area contributed by atoms with Crippen molar-refractivity contribution in [2.75, 3.05) is 52.1 Å². The Morgan fingerprint density at radius 2 is 1.79 bits per heavy atom. The van der Waals surface area contributed by atoms with Gasteiger partial charge >= 0.3 is 0 Å². The number of methoxy groups -OCH3 is 1. The van der Waals surface area contributed by atoms with E-state index in [1.165, 1.54) is 6.20 Å². The number of nitrogens with one attached hydrogen (secondary N) is 1. The molecule has 3 N–H and O–H groups in total. The number of pyridine rings is 1. The van der Waals surface area contributed by atoms with Gasteiger partial charge in [-0.3, -0.25) is 4.98 Å². The Balaban J connectivity index is 1.95. The van der Waals surface area contributed by atoms with Gasteiger partial charge in [-0.1, -0.05) is 12.0 Å². The molecule has 0 fully saturated rings. The van der Waals surface area contributed by atoms with E-state index in [0.717, 1.165) is 11.3 Å². The Morgan fingerprint density at radius 1 is 1.03 bits per heavy atom. The second-order valence-corrected chi connectivity index (χ2v) is 7.00. The number of ether oxygens (including phenoxy) is 4. The zero-order valence-corrected chi connectivity index (χ0v) is 18.9. The third-order valence-electron chi connectivity index (χ3n) is 4.73. The second kappa shape index (κ2) is 13.0. The summed E-state index contributed by atoms with van der Waals surface area (Å²) in [6.45, 7) is 2.02. The van der Waals surface area contributed by atoms with Crippen LogP contribution < -0.4 is 20.7 Å². The molecule has 1 heterocycles. The van der Waals surface area contributed by atoms with Gasteiger partial charge in [0.2, 0.25) is 0 Å². The zero-order valence-electron chi connectivity index (χ0n) is 18.9. The highest BCUT2D eigenvalue weighted by Gasteiger charge is 2.15. The number of anilines is 2. The SMILES string of the molecule is C#Cc1cccc(Nc2c(C#N)cnc3cc(OCCOCCON)c(OCCOC)cc23)c1. The number of hydrogen-bond donors (Lipinski definition) is 2. The van der Waals surface area contributed by atoms with Crippen LogP contribution in [0.25, 0.3) is 10.9 Å². The highest BCUT2D eigenvalue weighted by atomic mass is 16.6. The maximum absolute atomic E-state index is 9.69.